The van der Waals surface area contributed by atoms with Gasteiger partial charge in [-0.15, -0.1) is 0 Å². The lowest BCUT2D eigenvalue weighted by Gasteiger charge is -2.12. The molecule has 0 bridgehead atoms. The van der Waals surface area contributed by atoms with Gasteiger partial charge in [0, 0.05) is 10.9 Å². The monoisotopic (exact) mass is 382 g/mol. The van der Waals surface area contributed by atoms with Gasteiger partial charge in [0.2, 0.25) is 5.91 Å². The van der Waals surface area contributed by atoms with Crippen LogP contribution in [0.2, 0.25) is 0 Å². The fourth-order valence-corrected chi connectivity index (χ4v) is 2.71. The van der Waals surface area contributed by atoms with Crippen LogP contribution in [0.3, 0.4) is 0 Å². The molecule has 0 aliphatic rings. The number of para-hydroxylation sites is 2. The van der Waals surface area contributed by atoms with E-state index >= 15 is 0 Å². The summed E-state index contributed by atoms with van der Waals surface area (Å²) in [6, 6.07) is 12.9. The normalized spacial score (nSPS) is 10.5. The number of benzene rings is 2. The molecule has 2 N–H and O–H groups in total. The fourth-order valence-electron chi connectivity index (χ4n) is 2.71. The average molecular weight is 382 g/mol. The predicted octanol–water partition coefficient (Wildman–Crippen LogP) is 2.91. The minimum atomic E-state index is -0.479. The van der Waals surface area contributed by atoms with Crippen LogP contribution in [0.1, 0.15) is 18.1 Å². The minimum Gasteiger partial charge on any atom is -0.490 e. The summed E-state index contributed by atoms with van der Waals surface area (Å²) >= 11 is 0. The highest BCUT2D eigenvalue weighted by Gasteiger charge is 2.12. The smallest absolute Gasteiger partial charge is 0.276 e. The second kappa shape index (κ2) is 8.94. The van der Waals surface area contributed by atoms with Crippen LogP contribution in [-0.2, 0) is 16.0 Å². The van der Waals surface area contributed by atoms with E-state index in [0.29, 0.717) is 18.1 Å². The number of carbonyl (C=O) groups is 2. The van der Waals surface area contributed by atoms with Gasteiger partial charge in [0.15, 0.2) is 18.1 Å². The van der Waals surface area contributed by atoms with Gasteiger partial charge in [0.25, 0.3) is 5.91 Å². The van der Waals surface area contributed by atoms with Crippen molar-refractivity contribution in [1.29, 1.82) is 0 Å². The number of aryl methyl sites for hydroxylation is 1. The maximum atomic E-state index is 12.1. The molecule has 0 fully saturated rings. The number of amides is 2. The molecular weight excluding hydrogens is 360 g/mol. The van der Waals surface area contributed by atoms with E-state index in [1.165, 1.54) is 0 Å². The van der Waals surface area contributed by atoms with Gasteiger partial charge in [-0.1, -0.05) is 24.3 Å². The molecule has 0 radical (unpaired) electrons. The van der Waals surface area contributed by atoms with Crippen molar-refractivity contribution in [1.82, 2.24) is 10.9 Å². The molecule has 3 rings (SSSR count). The molecule has 28 heavy (non-hydrogen) atoms. The zero-order valence-corrected chi connectivity index (χ0v) is 15.8. The van der Waals surface area contributed by atoms with Crippen molar-refractivity contribution in [3.05, 3.63) is 59.9 Å². The molecule has 2 aromatic carbocycles. The van der Waals surface area contributed by atoms with Gasteiger partial charge in [0.05, 0.1) is 19.3 Å². The van der Waals surface area contributed by atoms with Crippen LogP contribution in [0.15, 0.2) is 53.1 Å². The van der Waals surface area contributed by atoms with E-state index < -0.39 is 5.91 Å². The minimum absolute atomic E-state index is 0.0877. The van der Waals surface area contributed by atoms with Crippen molar-refractivity contribution in [2.75, 3.05) is 13.2 Å². The Labute approximate surface area is 162 Å². The van der Waals surface area contributed by atoms with Crippen molar-refractivity contribution in [2.24, 2.45) is 0 Å². The molecule has 0 spiro atoms. The number of fused-ring (bicyclic) bond motifs is 1. The van der Waals surface area contributed by atoms with Gasteiger partial charge in [-0.05, 0) is 37.6 Å². The first-order valence-electron chi connectivity index (χ1n) is 8.96. The molecule has 0 aliphatic heterocycles. The highest BCUT2D eigenvalue weighted by molar-refractivity contribution is 5.89. The van der Waals surface area contributed by atoms with Crippen molar-refractivity contribution in [3.8, 4) is 11.5 Å². The summed E-state index contributed by atoms with van der Waals surface area (Å²) in [6.07, 6.45) is 1.64. The second-order valence-electron chi connectivity index (χ2n) is 6.20. The van der Waals surface area contributed by atoms with Crippen molar-refractivity contribution < 1.29 is 23.5 Å². The van der Waals surface area contributed by atoms with E-state index in [9.17, 15) is 9.59 Å². The molecule has 0 saturated heterocycles. The predicted molar refractivity (Wildman–Crippen MR) is 104 cm³/mol. The molecule has 146 valence electrons. The first-order chi connectivity index (χ1) is 13.6. The molecule has 1 aromatic heterocycles. The molecule has 7 heteroatoms. The maximum Gasteiger partial charge on any atom is 0.276 e. The van der Waals surface area contributed by atoms with Crippen LogP contribution in [0.25, 0.3) is 11.0 Å². The topological polar surface area (TPSA) is 89.8 Å². The van der Waals surface area contributed by atoms with Crippen LogP contribution >= 0.6 is 0 Å². The molecule has 2 amide bonds. The lowest BCUT2D eigenvalue weighted by atomic mass is 10.1. The molecular formula is C21H22N2O5. The number of hydrogen-bond acceptors (Lipinski definition) is 5. The third-order valence-corrected chi connectivity index (χ3v) is 4.01. The molecule has 1 heterocycles. The number of hydrogen-bond donors (Lipinski definition) is 2. The van der Waals surface area contributed by atoms with Crippen LogP contribution in [0, 0.1) is 6.92 Å². The van der Waals surface area contributed by atoms with Crippen LogP contribution < -0.4 is 20.3 Å². The van der Waals surface area contributed by atoms with E-state index in [1.54, 1.807) is 24.5 Å². The van der Waals surface area contributed by atoms with E-state index in [4.69, 9.17) is 13.9 Å². The Morgan fingerprint density at radius 2 is 1.71 bits per heavy atom. The van der Waals surface area contributed by atoms with Crippen molar-refractivity contribution in [2.45, 2.75) is 20.3 Å². The van der Waals surface area contributed by atoms with E-state index in [1.807, 2.05) is 38.1 Å². The standard InChI is InChI=1S/C21H22N2O5/c1-3-26-17-6-4-5-7-18(17)28-13-21(25)23-22-20(24)11-15-12-27-19-10-14(2)8-9-16(15)19/h4-10,12H,3,11,13H2,1-2H3,(H,22,24)(H,23,25). The molecule has 7 nitrogen and oxygen atoms in total. The van der Waals surface area contributed by atoms with Gasteiger partial charge in [0.1, 0.15) is 5.58 Å². The van der Waals surface area contributed by atoms with Gasteiger partial charge in [-0.3, -0.25) is 20.4 Å². The first-order valence-corrected chi connectivity index (χ1v) is 8.96. The van der Waals surface area contributed by atoms with Crippen molar-refractivity contribution >= 4 is 22.8 Å². The third-order valence-electron chi connectivity index (χ3n) is 4.01. The highest BCUT2D eigenvalue weighted by Crippen LogP contribution is 2.26. The Morgan fingerprint density at radius 1 is 1.00 bits per heavy atom. The second-order valence-corrected chi connectivity index (χ2v) is 6.20. The number of rotatable bonds is 7. The summed E-state index contributed by atoms with van der Waals surface area (Å²) < 4.78 is 16.4. The third kappa shape index (κ3) is 4.82. The summed E-state index contributed by atoms with van der Waals surface area (Å²) in [7, 11) is 0. The number of ether oxygens (including phenoxy) is 2. The number of furan rings is 1. The molecule has 3 aromatic rings. The molecule has 0 aliphatic carbocycles. The Kier molecular flexibility index (Phi) is 6.16. The average Bonchev–Trinajstić information content (AvgIpc) is 3.07. The summed E-state index contributed by atoms with van der Waals surface area (Å²) in [6.45, 7) is 4.07. The zero-order valence-electron chi connectivity index (χ0n) is 15.8. The van der Waals surface area contributed by atoms with Gasteiger partial charge < -0.3 is 13.9 Å². The Morgan fingerprint density at radius 3 is 2.46 bits per heavy atom. The Bertz CT molecular complexity index is 980. The van der Waals surface area contributed by atoms with E-state index in [2.05, 4.69) is 10.9 Å². The van der Waals surface area contributed by atoms with Crippen LogP contribution in [0.5, 0.6) is 11.5 Å². The summed E-state index contributed by atoms with van der Waals surface area (Å²) in [5.74, 6) is 0.188. The Balaban J connectivity index is 1.48. The number of carbonyl (C=O) groups excluding carboxylic acids is 2. The number of hydrazine groups is 1. The molecule has 0 unspecified atom stereocenters. The maximum absolute atomic E-state index is 12.1. The molecule has 0 atom stereocenters. The summed E-state index contributed by atoms with van der Waals surface area (Å²) in [5, 5.41) is 0.878. The van der Waals surface area contributed by atoms with Gasteiger partial charge in [-0.2, -0.15) is 0 Å². The Hall–Kier alpha value is -3.48. The first kappa shape index (κ1) is 19.3. The largest absolute Gasteiger partial charge is 0.490 e. The highest BCUT2D eigenvalue weighted by atomic mass is 16.5. The van der Waals surface area contributed by atoms with Gasteiger partial charge in [-0.25, -0.2) is 0 Å². The summed E-state index contributed by atoms with van der Waals surface area (Å²) in [5.41, 5.74) is 7.28. The SMILES string of the molecule is CCOc1ccccc1OCC(=O)NNC(=O)Cc1coc2cc(C)ccc12. The lowest BCUT2D eigenvalue weighted by Crippen LogP contribution is -2.44. The van der Waals surface area contributed by atoms with Crippen LogP contribution in [0.4, 0.5) is 0 Å². The van der Waals surface area contributed by atoms with Crippen LogP contribution in [-0.4, -0.2) is 25.0 Å². The number of nitrogens with one attached hydrogen (secondary N) is 2. The lowest BCUT2D eigenvalue weighted by molar-refractivity contribution is -0.129. The van der Waals surface area contributed by atoms with E-state index in [0.717, 1.165) is 22.1 Å². The fraction of sp³-hybridized carbons (Fsp3) is 0.238. The quantitative estimate of drug-likeness (QED) is 0.613. The van der Waals surface area contributed by atoms with Crippen molar-refractivity contribution in [3.63, 3.8) is 0 Å². The van der Waals surface area contributed by atoms with E-state index in [-0.39, 0.29) is 18.9 Å². The molecule has 0 saturated carbocycles. The van der Waals surface area contributed by atoms with Gasteiger partial charge >= 0.3 is 0 Å². The summed E-state index contributed by atoms with van der Waals surface area (Å²) in [4.78, 5) is 24.0. The zero-order chi connectivity index (χ0) is 19.9.